The average molecular weight is 209 g/mol. The molecule has 1 aromatic rings. The number of hydrogen-bond donors (Lipinski definition) is 1. The van der Waals surface area contributed by atoms with Crippen molar-refractivity contribution in [3.63, 3.8) is 0 Å². The molecule has 0 spiro atoms. The van der Waals surface area contributed by atoms with Crippen molar-refractivity contribution in [2.24, 2.45) is 0 Å². The van der Waals surface area contributed by atoms with Crippen LogP contribution in [0.1, 0.15) is 6.42 Å². The number of aryl methyl sites for hydroxylation is 1. The van der Waals surface area contributed by atoms with E-state index in [0.29, 0.717) is 0 Å². The van der Waals surface area contributed by atoms with E-state index in [1.54, 1.807) is 6.20 Å². The van der Waals surface area contributed by atoms with Gasteiger partial charge >= 0.3 is 0 Å². The molecule has 0 saturated carbocycles. The fourth-order valence-electron chi connectivity index (χ4n) is 1.51. The third-order valence-electron chi connectivity index (χ3n) is 2.25. The number of imidazole rings is 1. The van der Waals surface area contributed by atoms with E-state index < -0.39 is 0 Å². The number of aromatic nitrogens is 2. The first kappa shape index (κ1) is 11.9. The van der Waals surface area contributed by atoms with E-state index in [1.165, 1.54) is 0 Å². The van der Waals surface area contributed by atoms with Crippen molar-refractivity contribution in [3.8, 4) is 0 Å². The smallest absolute Gasteiger partial charge is 0.0945 e. The summed E-state index contributed by atoms with van der Waals surface area (Å²) < 4.78 is 2.06. The number of nitrogens with zero attached hydrogens (tertiary/aromatic N) is 3. The van der Waals surface area contributed by atoms with Crippen molar-refractivity contribution in [3.05, 3.63) is 31.4 Å². The minimum atomic E-state index is 0.207. The second-order valence-electron chi connectivity index (χ2n) is 3.47. The third-order valence-corrected chi connectivity index (χ3v) is 2.25. The molecular formula is C11H19N3O. The highest BCUT2D eigenvalue weighted by atomic mass is 16.3. The van der Waals surface area contributed by atoms with Crippen molar-refractivity contribution in [2.75, 3.05) is 26.2 Å². The molecule has 0 aliphatic heterocycles. The lowest BCUT2D eigenvalue weighted by Gasteiger charge is -2.19. The normalized spacial score (nSPS) is 10.8. The molecule has 84 valence electrons. The molecule has 0 aliphatic rings. The standard InChI is InChI=1S/C11H19N3O/c1-2-5-13(9-10-15)6-3-7-14-8-4-12-11-14/h2,4,8,11,15H,1,3,5-7,9-10H2. The quantitative estimate of drug-likeness (QED) is 0.642. The highest BCUT2D eigenvalue weighted by Crippen LogP contribution is 1.95. The monoisotopic (exact) mass is 209 g/mol. The Morgan fingerprint density at radius 2 is 2.33 bits per heavy atom. The molecule has 0 bridgehead atoms. The highest BCUT2D eigenvalue weighted by Gasteiger charge is 2.01. The van der Waals surface area contributed by atoms with Gasteiger partial charge in [-0.25, -0.2) is 4.98 Å². The average Bonchev–Trinajstić information content (AvgIpc) is 2.71. The SMILES string of the molecule is C=CCN(CCO)CCCn1ccnc1. The van der Waals surface area contributed by atoms with Crippen LogP contribution in [0.5, 0.6) is 0 Å². The van der Waals surface area contributed by atoms with E-state index in [2.05, 4.69) is 21.0 Å². The molecule has 4 heteroatoms. The Morgan fingerprint density at radius 3 is 2.93 bits per heavy atom. The number of aliphatic hydroxyl groups is 1. The summed E-state index contributed by atoms with van der Waals surface area (Å²) in [5.74, 6) is 0. The first-order valence-corrected chi connectivity index (χ1v) is 5.26. The van der Waals surface area contributed by atoms with Gasteiger partial charge in [0.1, 0.15) is 0 Å². The van der Waals surface area contributed by atoms with Crippen molar-refractivity contribution in [1.29, 1.82) is 0 Å². The predicted octanol–water partition coefficient (Wildman–Crippen LogP) is 0.753. The topological polar surface area (TPSA) is 41.3 Å². The molecule has 1 rings (SSSR count). The van der Waals surface area contributed by atoms with Gasteiger partial charge in [-0.1, -0.05) is 6.08 Å². The zero-order valence-electron chi connectivity index (χ0n) is 9.05. The van der Waals surface area contributed by atoms with Gasteiger partial charge in [-0.3, -0.25) is 4.90 Å². The van der Waals surface area contributed by atoms with Gasteiger partial charge in [0.25, 0.3) is 0 Å². The van der Waals surface area contributed by atoms with E-state index in [4.69, 9.17) is 5.11 Å². The van der Waals surface area contributed by atoms with Gasteiger partial charge in [0.2, 0.25) is 0 Å². The van der Waals surface area contributed by atoms with Gasteiger partial charge < -0.3 is 9.67 Å². The first-order chi connectivity index (χ1) is 7.36. The van der Waals surface area contributed by atoms with Crippen LogP contribution in [0, 0.1) is 0 Å². The maximum Gasteiger partial charge on any atom is 0.0945 e. The van der Waals surface area contributed by atoms with Crippen LogP contribution in [-0.2, 0) is 6.54 Å². The molecule has 0 aromatic carbocycles. The van der Waals surface area contributed by atoms with E-state index in [1.807, 2.05) is 18.6 Å². The highest BCUT2D eigenvalue weighted by molar-refractivity contribution is 4.75. The van der Waals surface area contributed by atoms with Gasteiger partial charge in [0.15, 0.2) is 0 Å². The van der Waals surface area contributed by atoms with Crippen molar-refractivity contribution < 1.29 is 5.11 Å². The Morgan fingerprint density at radius 1 is 1.47 bits per heavy atom. The minimum absolute atomic E-state index is 0.207. The number of aliphatic hydroxyl groups excluding tert-OH is 1. The van der Waals surface area contributed by atoms with Gasteiger partial charge in [0, 0.05) is 38.6 Å². The molecule has 0 saturated heterocycles. The van der Waals surface area contributed by atoms with Crippen LogP contribution < -0.4 is 0 Å². The Balaban J connectivity index is 2.18. The second kappa shape index (κ2) is 7.20. The first-order valence-electron chi connectivity index (χ1n) is 5.26. The lowest BCUT2D eigenvalue weighted by Crippen LogP contribution is -2.28. The number of rotatable bonds is 8. The Labute approximate surface area is 90.9 Å². The Bertz CT molecular complexity index is 259. The fourth-order valence-corrected chi connectivity index (χ4v) is 1.51. The number of hydrogen-bond acceptors (Lipinski definition) is 3. The Hall–Kier alpha value is -1.13. The molecule has 0 fully saturated rings. The van der Waals surface area contributed by atoms with Crippen LogP contribution >= 0.6 is 0 Å². The largest absolute Gasteiger partial charge is 0.395 e. The summed E-state index contributed by atoms with van der Waals surface area (Å²) >= 11 is 0. The molecule has 1 N–H and O–H groups in total. The molecule has 15 heavy (non-hydrogen) atoms. The van der Waals surface area contributed by atoms with Gasteiger partial charge in [-0.15, -0.1) is 6.58 Å². The van der Waals surface area contributed by atoms with Crippen LogP contribution in [0.2, 0.25) is 0 Å². The molecule has 4 nitrogen and oxygen atoms in total. The summed E-state index contributed by atoms with van der Waals surface area (Å²) in [6.07, 6.45) is 8.50. The van der Waals surface area contributed by atoms with Crippen LogP contribution in [-0.4, -0.2) is 45.8 Å². The predicted molar refractivity (Wildman–Crippen MR) is 60.6 cm³/mol. The molecule has 0 atom stereocenters. The molecule has 1 aromatic heterocycles. The summed E-state index contributed by atoms with van der Waals surface area (Å²) in [6, 6.07) is 0. The maximum absolute atomic E-state index is 8.86. The molecule has 1 heterocycles. The van der Waals surface area contributed by atoms with Gasteiger partial charge in [-0.05, 0) is 6.42 Å². The summed E-state index contributed by atoms with van der Waals surface area (Å²) in [5.41, 5.74) is 0. The lowest BCUT2D eigenvalue weighted by atomic mass is 10.3. The van der Waals surface area contributed by atoms with Gasteiger partial charge in [-0.2, -0.15) is 0 Å². The van der Waals surface area contributed by atoms with Crippen LogP contribution in [0.3, 0.4) is 0 Å². The zero-order chi connectivity index (χ0) is 10.9. The summed E-state index contributed by atoms with van der Waals surface area (Å²) in [4.78, 5) is 6.17. The molecule has 0 radical (unpaired) electrons. The van der Waals surface area contributed by atoms with E-state index in [9.17, 15) is 0 Å². The lowest BCUT2D eigenvalue weighted by molar-refractivity contribution is 0.205. The van der Waals surface area contributed by atoms with Crippen LogP contribution in [0.25, 0.3) is 0 Å². The van der Waals surface area contributed by atoms with Crippen LogP contribution in [0.4, 0.5) is 0 Å². The van der Waals surface area contributed by atoms with Crippen molar-refractivity contribution in [2.45, 2.75) is 13.0 Å². The fraction of sp³-hybridized carbons (Fsp3) is 0.545. The van der Waals surface area contributed by atoms with Crippen molar-refractivity contribution in [1.82, 2.24) is 14.5 Å². The second-order valence-corrected chi connectivity index (χ2v) is 3.47. The van der Waals surface area contributed by atoms with E-state index >= 15 is 0 Å². The summed E-state index contributed by atoms with van der Waals surface area (Å²) in [6.45, 7) is 7.41. The molecule has 0 aliphatic carbocycles. The minimum Gasteiger partial charge on any atom is -0.395 e. The van der Waals surface area contributed by atoms with E-state index in [-0.39, 0.29) is 6.61 Å². The zero-order valence-corrected chi connectivity index (χ0v) is 9.05. The van der Waals surface area contributed by atoms with E-state index in [0.717, 1.165) is 32.6 Å². The molecule has 0 unspecified atom stereocenters. The molecule has 0 amide bonds. The molecular weight excluding hydrogens is 190 g/mol. The van der Waals surface area contributed by atoms with Crippen LogP contribution in [0.15, 0.2) is 31.4 Å². The van der Waals surface area contributed by atoms with Crippen molar-refractivity contribution >= 4 is 0 Å². The summed E-state index contributed by atoms with van der Waals surface area (Å²) in [5, 5.41) is 8.86. The summed E-state index contributed by atoms with van der Waals surface area (Å²) in [7, 11) is 0. The Kier molecular flexibility index (Phi) is 5.73. The third kappa shape index (κ3) is 4.76. The maximum atomic E-state index is 8.86. The van der Waals surface area contributed by atoms with Gasteiger partial charge in [0.05, 0.1) is 12.9 Å².